The van der Waals surface area contributed by atoms with E-state index in [-0.39, 0.29) is 21.3 Å². The number of hydrogen-bond donors (Lipinski definition) is 1. The minimum atomic E-state index is -0.221. The summed E-state index contributed by atoms with van der Waals surface area (Å²) >= 11 is -0.221. The van der Waals surface area contributed by atoms with Crippen LogP contribution in [-0.4, -0.2) is 25.8 Å². The molecule has 9 heavy (non-hydrogen) atoms. The predicted octanol–water partition coefficient (Wildman–Crippen LogP) is 0.716. The predicted molar refractivity (Wildman–Crippen MR) is 46.3 cm³/mol. The highest BCUT2D eigenvalue weighted by molar-refractivity contribution is 14.1. The molecule has 0 fully saturated rings. The zero-order chi connectivity index (χ0) is 6.53. The van der Waals surface area contributed by atoms with Crippen LogP contribution in [0.15, 0.2) is 13.1 Å². The lowest BCUT2D eigenvalue weighted by Crippen LogP contribution is -2.13. The molecule has 1 aliphatic heterocycles. The second-order valence-electron chi connectivity index (χ2n) is 1.38. The van der Waals surface area contributed by atoms with Crippen molar-refractivity contribution in [2.75, 3.05) is 13.6 Å². The van der Waals surface area contributed by atoms with Gasteiger partial charge in [0.15, 0.2) is 0 Å². The number of nitrogens with zero attached hydrogens (tertiary/aromatic N) is 3. The van der Waals surface area contributed by atoms with Gasteiger partial charge in [-0.2, -0.15) is 0 Å². The smallest absolute Gasteiger partial charge is 0.134 e. The quantitative estimate of drug-likeness (QED) is 0.531. The Bertz CT molecular complexity index is 171. The summed E-state index contributed by atoms with van der Waals surface area (Å²) in [5.41, 5.74) is 0. The summed E-state index contributed by atoms with van der Waals surface area (Å²) in [6.45, 7) is 0.704. The van der Waals surface area contributed by atoms with Gasteiger partial charge in [-0.3, -0.25) is 4.99 Å². The number of amidine groups is 1. The molecule has 0 bridgehead atoms. The van der Waals surface area contributed by atoms with Crippen LogP contribution in [0.4, 0.5) is 0 Å². The molecule has 0 aromatic heterocycles. The van der Waals surface area contributed by atoms with E-state index in [1.807, 2.05) is 0 Å². The third-order valence-corrected chi connectivity index (χ3v) is 2.12. The van der Waals surface area contributed by atoms with E-state index in [0.29, 0.717) is 6.54 Å². The van der Waals surface area contributed by atoms with Crippen molar-refractivity contribution in [3.63, 3.8) is 0 Å². The summed E-state index contributed by atoms with van der Waals surface area (Å²) < 4.78 is 7.06. The Morgan fingerprint density at radius 1 is 1.89 bits per heavy atom. The molecule has 5 heteroatoms. The lowest BCUT2D eigenvalue weighted by molar-refractivity contribution is 1.31. The fourth-order valence-corrected chi connectivity index (χ4v) is 1.25. The largest absolute Gasteiger partial charge is 0.306 e. The van der Waals surface area contributed by atoms with Crippen molar-refractivity contribution in [2.24, 2.45) is 13.1 Å². The molecule has 0 atom stereocenters. The molecule has 4 nitrogen and oxygen atoms in total. The maximum atomic E-state index is 3.96. The van der Waals surface area contributed by atoms with Crippen LogP contribution < -0.4 is 3.53 Å². The molecule has 0 saturated heterocycles. The fraction of sp³-hybridized carbons (Fsp3) is 0.500. The fourth-order valence-electron chi connectivity index (χ4n) is 0.424. The van der Waals surface area contributed by atoms with E-state index in [0.717, 1.165) is 5.84 Å². The van der Waals surface area contributed by atoms with Gasteiger partial charge < -0.3 is 3.53 Å². The maximum absolute atomic E-state index is 3.96. The summed E-state index contributed by atoms with van der Waals surface area (Å²) in [4.78, 5) is 7.86. The van der Waals surface area contributed by atoms with Crippen molar-refractivity contribution in [2.45, 2.75) is 0 Å². The van der Waals surface area contributed by atoms with Crippen LogP contribution in [0.3, 0.4) is 0 Å². The standard InChI is InChI=1S/C4H7IN4/c1-6-5-9-4-2-7-3-8-4/h3H,2H2,1H3,(H,6,7,8,9). The van der Waals surface area contributed by atoms with E-state index in [1.54, 1.807) is 13.4 Å². The molecule has 1 heterocycles. The molecule has 0 aromatic rings. The normalized spacial score (nSPS) is 17.7. The van der Waals surface area contributed by atoms with E-state index in [2.05, 4.69) is 16.7 Å². The summed E-state index contributed by atoms with van der Waals surface area (Å²) in [6, 6.07) is 0. The Kier molecular flexibility index (Phi) is 2.75. The Labute approximate surface area is 64.0 Å². The number of rotatable bonds is 1. The molecule has 0 unspecified atom stereocenters. The highest BCUT2D eigenvalue weighted by Gasteiger charge is 1.97. The number of aliphatic imine (C=N–C) groups is 2. The molecule has 0 aliphatic carbocycles. The zero-order valence-corrected chi connectivity index (χ0v) is 7.16. The molecule has 0 radical (unpaired) electrons. The van der Waals surface area contributed by atoms with Gasteiger partial charge in [0.05, 0.1) is 6.54 Å². The van der Waals surface area contributed by atoms with Gasteiger partial charge in [0.1, 0.15) is 33.5 Å². The minimum Gasteiger partial charge on any atom is -0.306 e. The van der Waals surface area contributed by atoms with Crippen molar-refractivity contribution in [3.05, 3.63) is 0 Å². The SMILES string of the molecule is CN=INC1=NC=NC1. The Morgan fingerprint density at radius 3 is 3.33 bits per heavy atom. The summed E-state index contributed by atoms with van der Waals surface area (Å²) in [5.74, 6) is 0.952. The van der Waals surface area contributed by atoms with Crippen LogP contribution in [0.2, 0.25) is 0 Å². The van der Waals surface area contributed by atoms with Crippen molar-refractivity contribution in [3.8, 4) is 0 Å². The third-order valence-electron chi connectivity index (χ3n) is 0.772. The molecule has 1 rings (SSSR count). The first-order valence-corrected chi connectivity index (χ1v) is 4.51. The van der Waals surface area contributed by atoms with E-state index >= 15 is 0 Å². The highest BCUT2D eigenvalue weighted by atomic mass is 127. The zero-order valence-electron chi connectivity index (χ0n) is 5.00. The van der Waals surface area contributed by atoms with Gasteiger partial charge in [-0.25, -0.2) is 8.14 Å². The first-order chi connectivity index (χ1) is 4.43. The Balaban J connectivity index is 2.30. The first kappa shape index (κ1) is 6.79. The molecular formula is C4H7IN4. The van der Waals surface area contributed by atoms with E-state index in [1.165, 1.54) is 0 Å². The van der Waals surface area contributed by atoms with E-state index in [9.17, 15) is 0 Å². The lowest BCUT2D eigenvalue weighted by Gasteiger charge is -1.91. The molecule has 1 N–H and O–H groups in total. The van der Waals surface area contributed by atoms with Crippen LogP contribution in [0.5, 0.6) is 0 Å². The van der Waals surface area contributed by atoms with Crippen LogP contribution in [0, 0.1) is 0 Å². The van der Waals surface area contributed by atoms with Gasteiger partial charge >= 0.3 is 0 Å². The highest BCUT2D eigenvalue weighted by Crippen LogP contribution is 1.93. The van der Waals surface area contributed by atoms with Crippen LogP contribution in [0.25, 0.3) is 0 Å². The Hall–Kier alpha value is -0.330. The van der Waals surface area contributed by atoms with Crippen LogP contribution >= 0.6 is 21.3 Å². The summed E-state index contributed by atoms with van der Waals surface area (Å²) in [5, 5.41) is 0. The molecular weight excluding hydrogens is 231 g/mol. The average Bonchev–Trinajstić information content (AvgIpc) is 2.34. The van der Waals surface area contributed by atoms with Gasteiger partial charge in [0.2, 0.25) is 0 Å². The third kappa shape index (κ3) is 2.17. The minimum absolute atomic E-state index is 0.221. The van der Waals surface area contributed by atoms with Crippen LogP contribution in [-0.2, 0) is 0 Å². The summed E-state index contributed by atoms with van der Waals surface area (Å²) in [7, 11) is 1.80. The second kappa shape index (κ2) is 3.65. The second-order valence-corrected chi connectivity index (χ2v) is 3.37. The van der Waals surface area contributed by atoms with Gasteiger partial charge in [0.25, 0.3) is 0 Å². The molecule has 0 aromatic carbocycles. The Morgan fingerprint density at radius 2 is 2.78 bits per heavy atom. The number of halogens is 1. The molecule has 0 saturated carbocycles. The van der Waals surface area contributed by atoms with Crippen molar-refractivity contribution >= 4 is 33.5 Å². The summed E-state index contributed by atoms with van der Waals surface area (Å²) in [6.07, 6.45) is 1.57. The average molecular weight is 238 g/mol. The topological polar surface area (TPSA) is 49.1 Å². The number of hydrogen-bond acceptors (Lipinski definition) is 3. The van der Waals surface area contributed by atoms with Crippen molar-refractivity contribution in [1.29, 1.82) is 0 Å². The van der Waals surface area contributed by atoms with Gasteiger partial charge in [-0.15, -0.1) is 0 Å². The molecule has 0 amide bonds. The lowest BCUT2D eigenvalue weighted by atomic mass is 10.6. The van der Waals surface area contributed by atoms with E-state index < -0.39 is 0 Å². The van der Waals surface area contributed by atoms with Gasteiger partial charge in [0, 0.05) is 7.05 Å². The van der Waals surface area contributed by atoms with Crippen molar-refractivity contribution < 1.29 is 0 Å². The molecule has 1 aliphatic rings. The van der Waals surface area contributed by atoms with Crippen LogP contribution in [0.1, 0.15) is 0 Å². The first-order valence-electron chi connectivity index (χ1n) is 2.47. The van der Waals surface area contributed by atoms with Gasteiger partial charge in [-0.1, -0.05) is 0 Å². The maximum Gasteiger partial charge on any atom is 0.134 e. The monoisotopic (exact) mass is 238 g/mol. The van der Waals surface area contributed by atoms with Crippen molar-refractivity contribution in [1.82, 2.24) is 3.53 Å². The number of nitrogens with one attached hydrogen (secondary N) is 1. The molecule has 0 spiro atoms. The van der Waals surface area contributed by atoms with E-state index in [4.69, 9.17) is 0 Å². The molecule has 50 valence electrons. The van der Waals surface area contributed by atoms with Gasteiger partial charge in [-0.05, 0) is 0 Å².